The maximum atomic E-state index is 13.3. The first-order valence-electron chi connectivity index (χ1n) is 9.38. The second-order valence-corrected chi connectivity index (χ2v) is 6.66. The van der Waals surface area contributed by atoms with E-state index < -0.39 is 23.4 Å². The van der Waals surface area contributed by atoms with Crippen molar-refractivity contribution in [2.45, 2.75) is 6.42 Å². The molecule has 3 N–H and O–H groups in total. The van der Waals surface area contributed by atoms with Gasteiger partial charge in [-0.15, -0.1) is 0 Å². The third kappa shape index (κ3) is 5.57. The number of ether oxygens (including phenoxy) is 1. The van der Waals surface area contributed by atoms with Crippen LogP contribution < -0.4 is 15.4 Å². The lowest BCUT2D eigenvalue weighted by molar-refractivity contribution is 0.0950. The average molecular weight is 426 g/mol. The van der Waals surface area contributed by atoms with Gasteiger partial charge in [0, 0.05) is 29.9 Å². The molecule has 0 saturated carbocycles. The molecule has 3 aromatic rings. The van der Waals surface area contributed by atoms with Crippen LogP contribution in [0.4, 0.5) is 14.5 Å². The van der Waals surface area contributed by atoms with E-state index in [1.807, 2.05) is 24.3 Å². The molecular formula is C23H20F2N2O4. The molecule has 0 bridgehead atoms. The zero-order chi connectivity index (χ0) is 22.4. The fourth-order valence-electron chi connectivity index (χ4n) is 3.01. The summed E-state index contributed by atoms with van der Waals surface area (Å²) in [5.74, 6) is -2.64. The number of benzene rings is 3. The molecule has 0 saturated heterocycles. The van der Waals surface area contributed by atoms with E-state index in [4.69, 9.17) is 4.74 Å². The van der Waals surface area contributed by atoms with Gasteiger partial charge in [-0.05, 0) is 42.3 Å². The smallest absolute Gasteiger partial charge is 0.255 e. The number of phenols is 1. The summed E-state index contributed by atoms with van der Waals surface area (Å²) in [5.41, 5.74) is 0.907. The number of amides is 2. The molecule has 160 valence electrons. The lowest BCUT2D eigenvalue weighted by atomic mass is 10.1. The van der Waals surface area contributed by atoms with E-state index in [0.29, 0.717) is 19.0 Å². The number of rotatable bonds is 7. The van der Waals surface area contributed by atoms with Crippen molar-refractivity contribution in [1.29, 1.82) is 0 Å². The number of aromatic hydroxyl groups is 1. The van der Waals surface area contributed by atoms with Crippen LogP contribution in [-0.4, -0.2) is 30.6 Å². The first-order chi connectivity index (χ1) is 14.9. The molecular weight excluding hydrogens is 406 g/mol. The van der Waals surface area contributed by atoms with Gasteiger partial charge in [0.25, 0.3) is 11.8 Å². The third-order valence-electron chi connectivity index (χ3n) is 4.50. The predicted octanol–water partition coefficient (Wildman–Crippen LogP) is 3.90. The van der Waals surface area contributed by atoms with Crippen molar-refractivity contribution in [2.24, 2.45) is 0 Å². The molecule has 0 unspecified atom stereocenters. The fraction of sp³-hybridized carbons (Fsp3) is 0.130. The highest BCUT2D eigenvalue weighted by Crippen LogP contribution is 2.23. The standard InChI is InChI=1S/C23H20F2N2O4/c1-31-21-5-3-2-4-14(21)8-9-26-23(30)19-7-6-18(13-20(19)28)27-22(29)15-10-16(24)12-17(25)11-15/h2-7,10-13,28H,8-9H2,1H3,(H,26,30)(H,27,29). The molecule has 3 rings (SSSR count). The SMILES string of the molecule is COc1ccccc1CCNC(=O)c1ccc(NC(=O)c2cc(F)cc(F)c2)cc1O. The summed E-state index contributed by atoms with van der Waals surface area (Å²) in [5, 5.41) is 15.3. The van der Waals surface area contributed by atoms with Crippen molar-refractivity contribution < 1.29 is 28.2 Å². The van der Waals surface area contributed by atoms with Crippen molar-refractivity contribution in [1.82, 2.24) is 5.32 Å². The van der Waals surface area contributed by atoms with Crippen molar-refractivity contribution in [3.8, 4) is 11.5 Å². The van der Waals surface area contributed by atoms with Crippen LogP contribution in [-0.2, 0) is 6.42 Å². The second-order valence-electron chi connectivity index (χ2n) is 6.66. The van der Waals surface area contributed by atoms with E-state index in [-0.39, 0.29) is 22.6 Å². The summed E-state index contributed by atoms with van der Waals surface area (Å²) in [6.07, 6.45) is 0.537. The first kappa shape index (κ1) is 21.8. The topological polar surface area (TPSA) is 87.7 Å². The van der Waals surface area contributed by atoms with Crippen LogP contribution in [0.1, 0.15) is 26.3 Å². The van der Waals surface area contributed by atoms with Crippen LogP contribution in [0.3, 0.4) is 0 Å². The maximum absolute atomic E-state index is 13.3. The Morgan fingerprint density at radius 3 is 2.35 bits per heavy atom. The molecule has 0 atom stereocenters. The number of hydrogen-bond donors (Lipinski definition) is 3. The number of carbonyl (C=O) groups excluding carboxylic acids is 2. The maximum Gasteiger partial charge on any atom is 0.255 e. The summed E-state index contributed by atoms with van der Waals surface area (Å²) in [4.78, 5) is 24.5. The van der Waals surface area contributed by atoms with E-state index in [2.05, 4.69) is 10.6 Å². The minimum Gasteiger partial charge on any atom is -0.507 e. The third-order valence-corrected chi connectivity index (χ3v) is 4.50. The molecule has 0 aliphatic carbocycles. The predicted molar refractivity (Wildman–Crippen MR) is 111 cm³/mol. The molecule has 0 spiro atoms. The van der Waals surface area contributed by atoms with Gasteiger partial charge in [-0.3, -0.25) is 9.59 Å². The Kier molecular flexibility index (Phi) is 6.81. The van der Waals surface area contributed by atoms with Crippen LogP contribution >= 0.6 is 0 Å². The van der Waals surface area contributed by atoms with Gasteiger partial charge in [-0.25, -0.2) is 8.78 Å². The zero-order valence-electron chi connectivity index (χ0n) is 16.6. The number of methoxy groups -OCH3 is 1. The molecule has 0 heterocycles. The summed E-state index contributed by atoms with van der Waals surface area (Å²) in [6, 6.07) is 13.8. The summed E-state index contributed by atoms with van der Waals surface area (Å²) >= 11 is 0. The lowest BCUT2D eigenvalue weighted by Gasteiger charge is -2.11. The molecule has 31 heavy (non-hydrogen) atoms. The Hall–Kier alpha value is -3.94. The van der Waals surface area contributed by atoms with Crippen LogP contribution in [0.5, 0.6) is 11.5 Å². The number of halogens is 2. The monoisotopic (exact) mass is 426 g/mol. The molecule has 0 aromatic heterocycles. The molecule has 6 nitrogen and oxygen atoms in total. The molecule has 0 aliphatic heterocycles. The molecule has 3 aromatic carbocycles. The molecule has 0 radical (unpaired) electrons. The number of nitrogens with one attached hydrogen (secondary N) is 2. The normalized spacial score (nSPS) is 10.4. The second kappa shape index (κ2) is 9.71. The van der Waals surface area contributed by atoms with E-state index in [0.717, 1.165) is 23.4 Å². The Balaban J connectivity index is 1.62. The van der Waals surface area contributed by atoms with E-state index in [1.54, 1.807) is 7.11 Å². The van der Waals surface area contributed by atoms with Crippen LogP contribution in [0.2, 0.25) is 0 Å². The Labute approximate surface area is 177 Å². The largest absolute Gasteiger partial charge is 0.507 e. The fourth-order valence-corrected chi connectivity index (χ4v) is 3.01. The molecule has 8 heteroatoms. The highest BCUT2D eigenvalue weighted by Gasteiger charge is 2.14. The van der Waals surface area contributed by atoms with Gasteiger partial charge in [0.1, 0.15) is 23.1 Å². The van der Waals surface area contributed by atoms with Crippen molar-refractivity contribution >= 4 is 17.5 Å². The van der Waals surface area contributed by atoms with Crippen molar-refractivity contribution in [3.05, 3.63) is 89.0 Å². The molecule has 2 amide bonds. The van der Waals surface area contributed by atoms with Gasteiger partial charge in [0.15, 0.2) is 0 Å². The van der Waals surface area contributed by atoms with Crippen LogP contribution in [0.15, 0.2) is 60.7 Å². The lowest BCUT2D eigenvalue weighted by Crippen LogP contribution is -2.26. The molecule has 0 aliphatic rings. The van der Waals surface area contributed by atoms with Crippen molar-refractivity contribution in [2.75, 3.05) is 19.0 Å². The van der Waals surface area contributed by atoms with Crippen LogP contribution in [0.25, 0.3) is 0 Å². The quantitative estimate of drug-likeness (QED) is 0.535. The summed E-state index contributed by atoms with van der Waals surface area (Å²) in [7, 11) is 1.57. The highest BCUT2D eigenvalue weighted by molar-refractivity contribution is 6.05. The van der Waals surface area contributed by atoms with Gasteiger partial charge < -0.3 is 20.5 Å². The minimum absolute atomic E-state index is 0.0230. The first-order valence-corrected chi connectivity index (χ1v) is 9.38. The summed E-state index contributed by atoms with van der Waals surface area (Å²) < 4.78 is 31.8. The zero-order valence-corrected chi connectivity index (χ0v) is 16.6. The van der Waals surface area contributed by atoms with Gasteiger partial charge in [-0.2, -0.15) is 0 Å². The number of hydrogen-bond acceptors (Lipinski definition) is 4. The van der Waals surface area contributed by atoms with E-state index in [9.17, 15) is 23.5 Å². The number of phenolic OH excluding ortho intramolecular Hbond substituents is 1. The Morgan fingerprint density at radius 2 is 1.68 bits per heavy atom. The van der Waals surface area contributed by atoms with Gasteiger partial charge >= 0.3 is 0 Å². The van der Waals surface area contributed by atoms with Gasteiger partial charge in [0.2, 0.25) is 0 Å². The van der Waals surface area contributed by atoms with Crippen LogP contribution in [0, 0.1) is 11.6 Å². The van der Waals surface area contributed by atoms with E-state index in [1.165, 1.54) is 18.2 Å². The Bertz CT molecular complexity index is 1100. The molecule has 0 fully saturated rings. The van der Waals surface area contributed by atoms with E-state index >= 15 is 0 Å². The van der Waals surface area contributed by atoms with Crippen molar-refractivity contribution in [3.63, 3.8) is 0 Å². The Morgan fingerprint density at radius 1 is 0.968 bits per heavy atom. The average Bonchev–Trinajstić information content (AvgIpc) is 2.73. The van der Waals surface area contributed by atoms with Gasteiger partial charge in [0.05, 0.1) is 12.7 Å². The minimum atomic E-state index is -0.881. The number of anilines is 1. The highest BCUT2D eigenvalue weighted by atomic mass is 19.1. The summed E-state index contributed by atoms with van der Waals surface area (Å²) in [6.45, 7) is 0.322. The van der Waals surface area contributed by atoms with Gasteiger partial charge in [-0.1, -0.05) is 18.2 Å². The number of carbonyl (C=O) groups is 2. The number of para-hydroxylation sites is 1.